The zero-order chi connectivity index (χ0) is 9.82. The zero-order valence-electron chi connectivity index (χ0n) is 7.99. The second kappa shape index (κ2) is 12.6. The molecule has 0 atom stereocenters. The van der Waals surface area contributed by atoms with Crippen LogP contribution < -0.4 is 0 Å². The van der Waals surface area contributed by atoms with Crippen LogP contribution in [0.2, 0.25) is 0 Å². The number of hydrogen-bond donors (Lipinski definition) is 2. The van der Waals surface area contributed by atoms with Gasteiger partial charge in [0.05, 0.1) is 5.71 Å². The summed E-state index contributed by atoms with van der Waals surface area (Å²) in [4.78, 5) is 0. The molecule has 0 aliphatic carbocycles. The Kier molecular flexibility index (Phi) is 14.2. The van der Waals surface area contributed by atoms with Crippen molar-refractivity contribution in [2.75, 3.05) is 0 Å². The summed E-state index contributed by atoms with van der Waals surface area (Å²) in [7, 11) is 0. The van der Waals surface area contributed by atoms with Crippen molar-refractivity contribution in [3.05, 3.63) is 0 Å². The van der Waals surface area contributed by atoms with Gasteiger partial charge in [-0.25, -0.2) is 0 Å². The van der Waals surface area contributed by atoms with E-state index in [0.29, 0.717) is 0 Å². The van der Waals surface area contributed by atoms with E-state index in [1.807, 2.05) is 13.8 Å². The van der Waals surface area contributed by atoms with Gasteiger partial charge in [0.1, 0.15) is 0 Å². The third-order valence-electron chi connectivity index (χ3n) is 1.18. The molecule has 0 aromatic heterocycles. The van der Waals surface area contributed by atoms with Gasteiger partial charge < -0.3 is 10.4 Å². The van der Waals surface area contributed by atoms with Gasteiger partial charge >= 0.3 is 0 Å². The van der Waals surface area contributed by atoms with Crippen molar-refractivity contribution in [1.29, 1.82) is 0 Å². The van der Waals surface area contributed by atoms with Crippen molar-refractivity contribution in [3.8, 4) is 0 Å². The van der Waals surface area contributed by atoms with Gasteiger partial charge in [-0.05, 0) is 19.8 Å². The van der Waals surface area contributed by atoms with Crippen LogP contribution in [0, 0.1) is 0 Å². The number of nitrogens with zero attached hydrogens (tertiary/aromatic N) is 2. The Morgan fingerprint density at radius 3 is 2.00 bits per heavy atom. The van der Waals surface area contributed by atoms with Crippen LogP contribution in [-0.4, -0.2) is 22.3 Å². The van der Waals surface area contributed by atoms with Gasteiger partial charge in [-0.2, -0.15) is 0 Å². The summed E-state index contributed by atoms with van der Waals surface area (Å²) < 4.78 is 0. The van der Waals surface area contributed by atoms with Crippen LogP contribution in [0.3, 0.4) is 0 Å². The Labute approximate surface area is 73.6 Å². The van der Waals surface area contributed by atoms with Gasteiger partial charge in [-0.3, -0.25) is 0 Å². The molecule has 0 fully saturated rings. The molecule has 0 heterocycles. The van der Waals surface area contributed by atoms with Crippen molar-refractivity contribution < 1.29 is 10.4 Å². The fourth-order valence-corrected chi connectivity index (χ4v) is 0.258. The average molecular weight is 174 g/mol. The highest BCUT2D eigenvalue weighted by atomic mass is 16.4. The lowest BCUT2D eigenvalue weighted by atomic mass is 10.3. The fraction of sp³-hybridized carbons (Fsp3) is 0.750. The van der Waals surface area contributed by atoms with Crippen LogP contribution in [0.4, 0.5) is 0 Å². The summed E-state index contributed by atoms with van der Waals surface area (Å²) >= 11 is 0. The van der Waals surface area contributed by atoms with Crippen LogP contribution in [0.25, 0.3) is 0 Å². The molecule has 0 aromatic rings. The first kappa shape index (κ1) is 13.5. The smallest absolute Gasteiger partial charge is 0.0537 e. The topological polar surface area (TPSA) is 65.2 Å². The Balaban J connectivity index is 0. The Morgan fingerprint density at radius 2 is 1.92 bits per heavy atom. The van der Waals surface area contributed by atoms with E-state index < -0.39 is 0 Å². The second-order valence-electron chi connectivity index (χ2n) is 2.28. The quantitative estimate of drug-likeness (QED) is 0.392. The fourth-order valence-electron chi connectivity index (χ4n) is 0.258. The highest BCUT2D eigenvalue weighted by Crippen LogP contribution is 1.78. The number of oxime groups is 2. The molecule has 0 radical (unpaired) electrons. The van der Waals surface area contributed by atoms with E-state index in [4.69, 9.17) is 10.4 Å². The highest BCUT2D eigenvalue weighted by Gasteiger charge is 1.77. The molecule has 4 heteroatoms. The number of rotatable bonds is 3. The number of unbranched alkanes of at least 4 members (excludes halogenated alkanes) is 1. The minimum atomic E-state index is 0.773. The maximum absolute atomic E-state index is 7.92. The van der Waals surface area contributed by atoms with Crippen LogP contribution in [0.5, 0.6) is 0 Å². The first-order valence-corrected chi connectivity index (χ1v) is 4.06. The second-order valence-corrected chi connectivity index (χ2v) is 2.28. The SMILES string of the molecule is CCC(C)=NO.CCCC=NO. The monoisotopic (exact) mass is 174 g/mol. The van der Waals surface area contributed by atoms with Crippen LogP contribution in [0.1, 0.15) is 40.0 Å². The van der Waals surface area contributed by atoms with E-state index in [1.54, 1.807) is 6.92 Å². The third kappa shape index (κ3) is 16.0. The molecule has 0 aromatic carbocycles. The molecule has 4 nitrogen and oxygen atoms in total. The van der Waals surface area contributed by atoms with Crippen molar-refractivity contribution in [2.45, 2.75) is 40.0 Å². The third-order valence-corrected chi connectivity index (χ3v) is 1.18. The normalized spacial score (nSPS) is 11.1. The standard InChI is InChI=1S/2C4H9NO/c1-3-4(2)5-6;1-2-3-4-5-6/h6H,3H2,1-2H3;4,6H,2-3H2,1H3. The van der Waals surface area contributed by atoms with Gasteiger partial charge in [0, 0.05) is 6.21 Å². The van der Waals surface area contributed by atoms with Crippen LogP contribution in [0.15, 0.2) is 10.3 Å². The van der Waals surface area contributed by atoms with E-state index in [-0.39, 0.29) is 0 Å². The summed E-state index contributed by atoms with van der Waals surface area (Å²) in [6.07, 6.45) is 4.23. The largest absolute Gasteiger partial charge is 0.411 e. The molecule has 0 unspecified atom stereocenters. The Morgan fingerprint density at radius 1 is 1.33 bits per heavy atom. The highest BCUT2D eigenvalue weighted by molar-refractivity contribution is 5.80. The molecule has 0 saturated carbocycles. The first-order chi connectivity index (χ1) is 5.72. The Hall–Kier alpha value is -1.06. The van der Waals surface area contributed by atoms with E-state index in [9.17, 15) is 0 Å². The van der Waals surface area contributed by atoms with Crippen LogP contribution in [-0.2, 0) is 0 Å². The predicted molar refractivity (Wildman–Crippen MR) is 50.4 cm³/mol. The Bertz CT molecular complexity index is 133. The maximum Gasteiger partial charge on any atom is 0.0537 e. The lowest BCUT2D eigenvalue weighted by molar-refractivity contribution is 0.317. The maximum atomic E-state index is 7.92. The summed E-state index contributed by atoms with van der Waals surface area (Å²) in [6, 6.07) is 0. The van der Waals surface area contributed by atoms with E-state index in [2.05, 4.69) is 10.3 Å². The minimum Gasteiger partial charge on any atom is -0.411 e. The van der Waals surface area contributed by atoms with Crippen molar-refractivity contribution in [2.24, 2.45) is 10.3 Å². The van der Waals surface area contributed by atoms with Gasteiger partial charge in [0.15, 0.2) is 0 Å². The van der Waals surface area contributed by atoms with E-state index >= 15 is 0 Å². The molecule has 72 valence electrons. The lowest BCUT2D eigenvalue weighted by Gasteiger charge is -1.81. The van der Waals surface area contributed by atoms with E-state index in [1.165, 1.54) is 6.21 Å². The average Bonchev–Trinajstić information content (AvgIpc) is 2.14. The van der Waals surface area contributed by atoms with Crippen LogP contribution >= 0.6 is 0 Å². The summed E-state index contributed by atoms with van der Waals surface area (Å²) in [6.45, 7) is 5.75. The molecular formula is C8H18N2O2. The van der Waals surface area contributed by atoms with Crippen molar-refractivity contribution in [3.63, 3.8) is 0 Å². The molecular weight excluding hydrogens is 156 g/mol. The molecule has 0 spiro atoms. The number of hydrogen-bond acceptors (Lipinski definition) is 4. The van der Waals surface area contributed by atoms with Gasteiger partial charge in [-0.1, -0.05) is 25.4 Å². The van der Waals surface area contributed by atoms with Crippen molar-refractivity contribution >= 4 is 11.9 Å². The predicted octanol–water partition coefficient (Wildman–Crippen LogP) is 2.49. The summed E-state index contributed by atoms with van der Waals surface area (Å²) in [5.74, 6) is 0. The molecule has 0 saturated heterocycles. The minimum absolute atomic E-state index is 0.773. The summed E-state index contributed by atoms with van der Waals surface area (Å²) in [5, 5.41) is 21.4. The molecule has 2 N–H and O–H groups in total. The molecule has 0 aliphatic heterocycles. The molecule has 0 rings (SSSR count). The van der Waals surface area contributed by atoms with Gasteiger partial charge in [0.25, 0.3) is 0 Å². The van der Waals surface area contributed by atoms with E-state index in [0.717, 1.165) is 25.0 Å². The lowest BCUT2D eigenvalue weighted by Crippen LogP contribution is -1.83. The van der Waals surface area contributed by atoms with Gasteiger partial charge in [-0.15, -0.1) is 5.16 Å². The zero-order valence-corrected chi connectivity index (χ0v) is 7.99. The molecule has 0 aliphatic rings. The molecule has 12 heavy (non-hydrogen) atoms. The first-order valence-electron chi connectivity index (χ1n) is 4.06. The molecule has 0 amide bonds. The summed E-state index contributed by atoms with van der Waals surface area (Å²) in [5.41, 5.74) is 0.773. The molecule has 0 bridgehead atoms. The van der Waals surface area contributed by atoms with Gasteiger partial charge in [0.2, 0.25) is 0 Å². The van der Waals surface area contributed by atoms with Crippen molar-refractivity contribution in [1.82, 2.24) is 0 Å².